The second-order valence-electron chi connectivity index (χ2n) is 5.13. The van der Waals surface area contributed by atoms with Gasteiger partial charge >= 0.3 is 0 Å². The Hall–Kier alpha value is -1.29. The highest BCUT2D eigenvalue weighted by Crippen LogP contribution is 2.33. The Kier molecular flexibility index (Phi) is 4.30. The van der Waals surface area contributed by atoms with Crippen molar-refractivity contribution in [2.24, 2.45) is 4.99 Å². The molecule has 1 heterocycles. The lowest BCUT2D eigenvalue weighted by atomic mass is 9.99. The summed E-state index contributed by atoms with van der Waals surface area (Å²) in [4.78, 5) is 5.57. The van der Waals surface area contributed by atoms with Gasteiger partial charge in [0, 0.05) is 6.04 Å². The SMILES string of the molecule is C[C@H](c1ccccc1)N(C)C1CCC=NCC1(F)F. The lowest BCUT2D eigenvalue weighted by Crippen LogP contribution is -2.48. The van der Waals surface area contributed by atoms with E-state index < -0.39 is 18.5 Å². The van der Waals surface area contributed by atoms with Crippen molar-refractivity contribution in [3.05, 3.63) is 35.9 Å². The fraction of sp³-hybridized carbons (Fsp3) is 0.533. The van der Waals surface area contributed by atoms with Crippen molar-refractivity contribution >= 4 is 6.21 Å². The van der Waals surface area contributed by atoms with E-state index in [1.165, 1.54) is 0 Å². The first-order valence-electron chi connectivity index (χ1n) is 6.65. The predicted molar refractivity (Wildman–Crippen MR) is 73.9 cm³/mol. The van der Waals surface area contributed by atoms with E-state index in [9.17, 15) is 8.78 Å². The smallest absolute Gasteiger partial charge is 0.282 e. The van der Waals surface area contributed by atoms with Crippen LogP contribution in [-0.4, -0.2) is 36.7 Å². The molecule has 0 aromatic heterocycles. The van der Waals surface area contributed by atoms with Gasteiger partial charge in [-0.25, -0.2) is 8.78 Å². The van der Waals surface area contributed by atoms with Gasteiger partial charge in [0.2, 0.25) is 0 Å². The van der Waals surface area contributed by atoms with Gasteiger partial charge in [-0.2, -0.15) is 0 Å². The van der Waals surface area contributed by atoms with E-state index in [0.717, 1.165) is 5.56 Å². The van der Waals surface area contributed by atoms with Crippen LogP contribution in [0.25, 0.3) is 0 Å². The third kappa shape index (κ3) is 3.18. The monoisotopic (exact) mass is 266 g/mol. The molecule has 0 saturated carbocycles. The van der Waals surface area contributed by atoms with Gasteiger partial charge in [0.25, 0.3) is 5.92 Å². The van der Waals surface area contributed by atoms with Crippen LogP contribution >= 0.6 is 0 Å². The van der Waals surface area contributed by atoms with Crippen LogP contribution in [0.15, 0.2) is 35.3 Å². The number of hydrogen-bond donors (Lipinski definition) is 0. The largest absolute Gasteiger partial charge is 0.291 e. The molecule has 0 bridgehead atoms. The molecular formula is C15H20F2N2. The van der Waals surface area contributed by atoms with Gasteiger partial charge in [-0.3, -0.25) is 9.89 Å². The van der Waals surface area contributed by atoms with E-state index in [4.69, 9.17) is 0 Å². The molecule has 2 rings (SSSR count). The van der Waals surface area contributed by atoms with Crippen molar-refractivity contribution in [3.8, 4) is 0 Å². The van der Waals surface area contributed by atoms with Gasteiger partial charge in [-0.05, 0) is 38.6 Å². The van der Waals surface area contributed by atoms with E-state index >= 15 is 0 Å². The normalized spacial score (nSPS) is 24.2. The molecule has 2 nitrogen and oxygen atoms in total. The highest BCUT2D eigenvalue weighted by molar-refractivity contribution is 5.57. The van der Waals surface area contributed by atoms with Crippen molar-refractivity contribution in [3.63, 3.8) is 0 Å². The number of halogens is 2. The fourth-order valence-electron chi connectivity index (χ4n) is 2.56. The zero-order valence-electron chi connectivity index (χ0n) is 11.4. The zero-order valence-corrected chi connectivity index (χ0v) is 11.4. The van der Waals surface area contributed by atoms with Gasteiger partial charge in [0.15, 0.2) is 0 Å². The third-order valence-corrected chi connectivity index (χ3v) is 3.87. The van der Waals surface area contributed by atoms with Crippen LogP contribution in [-0.2, 0) is 0 Å². The average molecular weight is 266 g/mol. The Labute approximate surface area is 113 Å². The van der Waals surface area contributed by atoms with Gasteiger partial charge < -0.3 is 0 Å². The molecule has 1 aliphatic rings. The summed E-state index contributed by atoms with van der Waals surface area (Å²) in [5.41, 5.74) is 1.06. The maximum Gasteiger partial charge on any atom is 0.282 e. The molecule has 4 heteroatoms. The van der Waals surface area contributed by atoms with E-state index in [2.05, 4.69) is 4.99 Å². The van der Waals surface area contributed by atoms with Crippen molar-refractivity contribution in [2.75, 3.05) is 13.6 Å². The lowest BCUT2D eigenvalue weighted by molar-refractivity contribution is -0.0769. The lowest BCUT2D eigenvalue weighted by Gasteiger charge is -2.36. The molecule has 2 atom stereocenters. The minimum absolute atomic E-state index is 0.0322. The highest BCUT2D eigenvalue weighted by atomic mass is 19.3. The molecule has 0 N–H and O–H groups in total. The third-order valence-electron chi connectivity index (χ3n) is 3.87. The summed E-state index contributed by atoms with van der Waals surface area (Å²) in [7, 11) is 1.78. The number of hydrogen-bond acceptors (Lipinski definition) is 2. The van der Waals surface area contributed by atoms with E-state index in [0.29, 0.717) is 12.8 Å². The predicted octanol–water partition coefficient (Wildman–Crippen LogP) is 3.55. The number of aliphatic imine (C=N–C) groups is 1. The molecule has 19 heavy (non-hydrogen) atoms. The summed E-state index contributed by atoms with van der Waals surface area (Å²) in [6.07, 6.45) is 2.69. The van der Waals surface area contributed by atoms with Crippen LogP contribution in [0.3, 0.4) is 0 Å². The summed E-state index contributed by atoms with van der Waals surface area (Å²) in [6, 6.07) is 8.98. The molecule has 0 spiro atoms. The van der Waals surface area contributed by atoms with E-state index in [1.807, 2.05) is 37.3 Å². The molecule has 104 valence electrons. The molecule has 0 radical (unpaired) electrons. The van der Waals surface area contributed by atoms with E-state index in [-0.39, 0.29) is 6.04 Å². The second-order valence-corrected chi connectivity index (χ2v) is 5.13. The molecule has 1 aromatic rings. The highest BCUT2D eigenvalue weighted by Gasteiger charge is 2.43. The first kappa shape index (κ1) is 14.1. The standard InChI is InChI=1S/C15H20F2N2/c1-12(13-7-4-3-5-8-13)19(2)14-9-6-10-18-11-15(14,16)17/h3-5,7-8,10,12,14H,6,9,11H2,1-2H3/t12-,14?/m1/s1. The van der Waals surface area contributed by atoms with Crippen LogP contribution in [0.2, 0.25) is 0 Å². The molecule has 1 aromatic carbocycles. The number of benzene rings is 1. The molecular weight excluding hydrogens is 246 g/mol. The van der Waals surface area contributed by atoms with Gasteiger partial charge in [-0.1, -0.05) is 30.3 Å². The average Bonchev–Trinajstić information content (AvgIpc) is 2.59. The topological polar surface area (TPSA) is 15.6 Å². The minimum atomic E-state index is -2.76. The van der Waals surface area contributed by atoms with Gasteiger partial charge in [0.05, 0.1) is 6.04 Å². The molecule has 0 amide bonds. The number of alkyl halides is 2. The Bertz CT molecular complexity index is 431. The van der Waals surface area contributed by atoms with E-state index in [1.54, 1.807) is 18.2 Å². The minimum Gasteiger partial charge on any atom is -0.291 e. The van der Waals surface area contributed by atoms with Crippen LogP contribution in [0.1, 0.15) is 31.4 Å². The molecule has 0 aliphatic carbocycles. The van der Waals surface area contributed by atoms with Crippen LogP contribution in [0, 0.1) is 0 Å². The second kappa shape index (κ2) is 5.78. The Morgan fingerprint density at radius 1 is 1.32 bits per heavy atom. The summed E-state index contributed by atoms with van der Waals surface area (Å²) < 4.78 is 28.2. The number of nitrogens with zero attached hydrogens (tertiary/aromatic N) is 2. The van der Waals surface area contributed by atoms with Crippen molar-refractivity contribution in [1.82, 2.24) is 4.90 Å². The Morgan fingerprint density at radius 2 is 2.00 bits per heavy atom. The molecule has 1 aliphatic heterocycles. The molecule has 0 fully saturated rings. The maximum atomic E-state index is 14.1. The van der Waals surface area contributed by atoms with Crippen LogP contribution < -0.4 is 0 Å². The first-order valence-corrected chi connectivity index (χ1v) is 6.65. The Balaban J connectivity index is 2.16. The van der Waals surface area contributed by atoms with Crippen molar-refractivity contribution in [1.29, 1.82) is 0 Å². The Morgan fingerprint density at radius 3 is 2.68 bits per heavy atom. The van der Waals surface area contributed by atoms with Crippen LogP contribution in [0.4, 0.5) is 8.78 Å². The van der Waals surface area contributed by atoms with Gasteiger partial charge in [0.1, 0.15) is 6.54 Å². The fourth-order valence-corrected chi connectivity index (χ4v) is 2.56. The summed E-state index contributed by atoms with van der Waals surface area (Å²) in [5, 5.41) is 0. The van der Waals surface area contributed by atoms with Gasteiger partial charge in [-0.15, -0.1) is 0 Å². The summed E-state index contributed by atoms with van der Waals surface area (Å²) in [6.45, 7) is 1.57. The molecule has 1 unspecified atom stereocenters. The van der Waals surface area contributed by atoms with Crippen molar-refractivity contribution < 1.29 is 8.78 Å². The van der Waals surface area contributed by atoms with Crippen molar-refractivity contribution in [2.45, 2.75) is 37.8 Å². The summed E-state index contributed by atoms with van der Waals surface area (Å²) in [5.74, 6) is -2.76. The van der Waals surface area contributed by atoms with Crippen LogP contribution in [0.5, 0.6) is 0 Å². The summed E-state index contributed by atoms with van der Waals surface area (Å²) >= 11 is 0. The number of rotatable bonds is 3. The maximum absolute atomic E-state index is 14.1. The quantitative estimate of drug-likeness (QED) is 0.817. The zero-order chi connectivity index (χ0) is 13.9. The first-order chi connectivity index (χ1) is 9.02. The molecule has 0 saturated heterocycles.